The largest absolute Gasteiger partial charge is 0.411 e. The summed E-state index contributed by atoms with van der Waals surface area (Å²) in [5.41, 5.74) is 1.05. The number of fused-ring (bicyclic) bond motifs is 1. The zero-order chi connectivity index (χ0) is 14.9. The van der Waals surface area contributed by atoms with E-state index in [1.165, 1.54) is 0 Å². The molecule has 20 heavy (non-hydrogen) atoms. The highest BCUT2D eigenvalue weighted by atomic mass is 35.5. The molecule has 0 radical (unpaired) electrons. The summed E-state index contributed by atoms with van der Waals surface area (Å²) >= 11 is 5.87. The third kappa shape index (κ3) is 3.32. The van der Waals surface area contributed by atoms with Gasteiger partial charge in [0.05, 0.1) is 0 Å². The maximum absolute atomic E-state index is 12.0. The number of nitrogens with zero attached hydrogens (tertiary/aromatic N) is 1. The first-order chi connectivity index (χ1) is 9.28. The minimum Gasteiger partial charge on any atom is -0.364 e. The number of carbonyl (C=O) groups excluding carboxylic acids is 1. The van der Waals surface area contributed by atoms with Crippen molar-refractivity contribution < 1.29 is 22.7 Å². The number of hydrogen-bond acceptors (Lipinski definition) is 2. The van der Waals surface area contributed by atoms with E-state index in [2.05, 4.69) is 4.74 Å². The number of Topliss-reactive ketones (excluding diaryl/α,β-unsaturated/α-hetero) is 1. The number of alkyl halides is 3. The SMILES string of the molecule is Cn1cc(C(=O)COCC(F)(F)F)c2ccc(Cl)cc21. The minimum absolute atomic E-state index is 0.321. The number of halogens is 4. The zero-order valence-electron chi connectivity index (χ0n) is 10.5. The fourth-order valence-corrected chi connectivity index (χ4v) is 2.08. The van der Waals surface area contributed by atoms with Crippen molar-refractivity contribution in [2.45, 2.75) is 6.18 Å². The highest BCUT2D eigenvalue weighted by molar-refractivity contribution is 6.31. The molecule has 1 heterocycles. The summed E-state index contributed by atoms with van der Waals surface area (Å²) in [5, 5.41) is 1.16. The van der Waals surface area contributed by atoms with Gasteiger partial charge in [-0.25, -0.2) is 0 Å². The van der Waals surface area contributed by atoms with E-state index in [1.807, 2.05) is 0 Å². The van der Waals surface area contributed by atoms with E-state index in [0.29, 0.717) is 16.0 Å². The van der Waals surface area contributed by atoms with Crippen molar-refractivity contribution in [1.29, 1.82) is 0 Å². The molecule has 0 amide bonds. The summed E-state index contributed by atoms with van der Waals surface area (Å²) in [4.78, 5) is 11.9. The lowest BCUT2D eigenvalue weighted by atomic mass is 10.1. The van der Waals surface area contributed by atoms with Crippen molar-refractivity contribution in [2.75, 3.05) is 13.2 Å². The molecule has 1 aromatic heterocycles. The van der Waals surface area contributed by atoms with Crippen molar-refractivity contribution in [2.24, 2.45) is 7.05 Å². The second-order valence-corrected chi connectivity index (χ2v) is 4.78. The van der Waals surface area contributed by atoms with Crippen LogP contribution < -0.4 is 0 Å². The minimum atomic E-state index is -4.44. The van der Waals surface area contributed by atoms with Crippen molar-refractivity contribution in [3.05, 3.63) is 35.0 Å². The van der Waals surface area contributed by atoms with Gasteiger partial charge < -0.3 is 9.30 Å². The van der Waals surface area contributed by atoms with Crippen LogP contribution in [0.3, 0.4) is 0 Å². The normalized spacial score (nSPS) is 12.1. The third-order valence-corrected chi connectivity index (χ3v) is 2.99. The topological polar surface area (TPSA) is 31.2 Å². The lowest BCUT2D eigenvalue weighted by Crippen LogP contribution is -2.20. The second kappa shape index (κ2) is 5.46. The van der Waals surface area contributed by atoms with E-state index in [9.17, 15) is 18.0 Å². The number of carbonyl (C=O) groups is 1. The van der Waals surface area contributed by atoms with Gasteiger partial charge >= 0.3 is 6.18 Å². The van der Waals surface area contributed by atoms with E-state index >= 15 is 0 Å². The molecule has 0 saturated carbocycles. The smallest absolute Gasteiger partial charge is 0.364 e. The molecule has 3 nitrogen and oxygen atoms in total. The molecular weight excluding hydrogens is 295 g/mol. The molecule has 1 aromatic carbocycles. The highest BCUT2D eigenvalue weighted by Gasteiger charge is 2.28. The van der Waals surface area contributed by atoms with Gasteiger partial charge in [-0.2, -0.15) is 13.2 Å². The van der Waals surface area contributed by atoms with E-state index in [4.69, 9.17) is 11.6 Å². The summed E-state index contributed by atoms with van der Waals surface area (Å²) in [6, 6.07) is 4.97. The third-order valence-electron chi connectivity index (χ3n) is 2.75. The van der Waals surface area contributed by atoms with Crippen LogP contribution in [0.15, 0.2) is 24.4 Å². The Labute approximate surface area is 117 Å². The lowest BCUT2D eigenvalue weighted by Gasteiger charge is -2.06. The molecule has 0 aliphatic rings. The molecule has 0 saturated heterocycles. The number of ether oxygens (including phenoxy) is 1. The number of aromatic nitrogens is 1. The van der Waals surface area contributed by atoms with Crippen molar-refractivity contribution in [1.82, 2.24) is 4.57 Å². The summed E-state index contributed by atoms with van der Waals surface area (Å²) in [7, 11) is 1.73. The van der Waals surface area contributed by atoms with Gasteiger partial charge in [-0.05, 0) is 12.1 Å². The molecule has 108 valence electrons. The first-order valence-electron chi connectivity index (χ1n) is 5.70. The molecule has 7 heteroatoms. The fraction of sp³-hybridized carbons (Fsp3) is 0.308. The Bertz CT molecular complexity index is 649. The Kier molecular flexibility index (Phi) is 4.06. The summed E-state index contributed by atoms with van der Waals surface area (Å²) < 4.78 is 41.9. The number of ketones is 1. The van der Waals surface area contributed by atoms with Crippen LogP contribution in [-0.4, -0.2) is 29.7 Å². The van der Waals surface area contributed by atoms with Gasteiger partial charge in [-0.1, -0.05) is 17.7 Å². The maximum Gasteiger partial charge on any atom is 0.411 e. The standard InChI is InChI=1S/C13H11ClF3NO2/c1-18-5-10(9-3-2-8(14)4-11(9)18)12(19)6-20-7-13(15,16)17/h2-5H,6-7H2,1H3. The maximum atomic E-state index is 12.0. The van der Waals surface area contributed by atoms with Crippen LogP contribution >= 0.6 is 11.6 Å². The van der Waals surface area contributed by atoms with Crippen LogP contribution in [0.1, 0.15) is 10.4 Å². The summed E-state index contributed by atoms with van der Waals surface area (Å²) in [6.45, 7) is -2.05. The Morgan fingerprint density at radius 1 is 1.40 bits per heavy atom. The predicted molar refractivity (Wildman–Crippen MR) is 69.1 cm³/mol. The van der Waals surface area contributed by atoms with Gasteiger partial charge in [0.2, 0.25) is 0 Å². The lowest BCUT2D eigenvalue weighted by molar-refractivity contribution is -0.170. The fourth-order valence-electron chi connectivity index (χ4n) is 1.92. The van der Waals surface area contributed by atoms with Gasteiger partial charge in [0, 0.05) is 34.7 Å². The molecule has 2 aromatic rings. The number of hydrogen-bond donors (Lipinski definition) is 0. The Balaban J connectivity index is 2.19. The number of benzene rings is 1. The van der Waals surface area contributed by atoms with E-state index in [0.717, 1.165) is 5.52 Å². The quantitative estimate of drug-likeness (QED) is 0.808. The first-order valence-corrected chi connectivity index (χ1v) is 6.08. The zero-order valence-corrected chi connectivity index (χ0v) is 11.3. The van der Waals surface area contributed by atoms with Crippen LogP contribution in [0.5, 0.6) is 0 Å². The summed E-state index contributed by atoms with van der Waals surface area (Å²) in [5.74, 6) is -0.498. The monoisotopic (exact) mass is 305 g/mol. The Hall–Kier alpha value is -1.53. The first kappa shape index (κ1) is 14.9. The summed E-state index contributed by atoms with van der Waals surface area (Å²) in [6.07, 6.45) is -2.88. The second-order valence-electron chi connectivity index (χ2n) is 4.35. The van der Waals surface area contributed by atoms with Crippen molar-refractivity contribution in [3.63, 3.8) is 0 Å². The Morgan fingerprint density at radius 3 is 2.75 bits per heavy atom. The molecule has 0 atom stereocenters. The molecule has 2 rings (SSSR count). The average Bonchev–Trinajstić information content (AvgIpc) is 2.65. The molecule has 0 aliphatic carbocycles. The van der Waals surface area contributed by atoms with Crippen molar-refractivity contribution in [3.8, 4) is 0 Å². The van der Waals surface area contributed by atoms with Crippen LogP contribution in [0, 0.1) is 0 Å². The Morgan fingerprint density at radius 2 is 2.10 bits per heavy atom. The molecule has 0 spiro atoms. The predicted octanol–water partition coefficient (Wildman–Crippen LogP) is 3.59. The molecule has 0 unspecified atom stereocenters. The van der Waals surface area contributed by atoms with Crippen LogP contribution in [0.2, 0.25) is 5.02 Å². The van der Waals surface area contributed by atoms with Crippen LogP contribution in [0.25, 0.3) is 10.9 Å². The highest BCUT2D eigenvalue weighted by Crippen LogP contribution is 2.24. The van der Waals surface area contributed by atoms with Crippen molar-refractivity contribution >= 4 is 28.3 Å². The van der Waals surface area contributed by atoms with Gasteiger partial charge in [-0.3, -0.25) is 4.79 Å². The number of rotatable bonds is 4. The van der Waals surface area contributed by atoms with E-state index < -0.39 is 25.2 Å². The van der Waals surface area contributed by atoms with Gasteiger partial charge in [0.15, 0.2) is 5.78 Å². The van der Waals surface area contributed by atoms with Gasteiger partial charge in [0.1, 0.15) is 13.2 Å². The molecule has 0 bridgehead atoms. The molecule has 0 aliphatic heterocycles. The van der Waals surface area contributed by atoms with E-state index in [1.54, 1.807) is 36.0 Å². The van der Waals surface area contributed by atoms with Crippen LogP contribution in [-0.2, 0) is 11.8 Å². The van der Waals surface area contributed by atoms with Gasteiger partial charge in [0.25, 0.3) is 0 Å². The molecule has 0 N–H and O–H groups in total. The molecule has 0 fully saturated rings. The van der Waals surface area contributed by atoms with Gasteiger partial charge in [-0.15, -0.1) is 0 Å². The number of aryl methyl sites for hydroxylation is 1. The van der Waals surface area contributed by atoms with Crippen LogP contribution in [0.4, 0.5) is 13.2 Å². The average molecular weight is 306 g/mol. The molecular formula is C13H11ClF3NO2. The van der Waals surface area contributed by atoms with E-state index in [-0.39, 0.29) is 0 Å².